The third-order valence-electron chi connectivity index (χ3n) is 2.90. The number of hydrogen-bond donors (Lipinski definition) is 1. The summed E-state index contributed by atoms with van der Waals surface area (Å²) in [7, 11) is 2.99. The number of nitrogens with one attached hydrogen (secondary N) is 1. The molecular formula is C14H16FN3O2. The molecule has 0 saturated carbocycles. The van der Waals surface area contributed by atoms with Crippen LogP contribution >= 0.6 is 0 Å². The highest BCUT2D eigenvalue weighted by Crippen LogP contribution is 2.22. The molecule has 1 N–H and O–H groups in total. The monoisotopic (exact) mass is 277 g/mol. The first-order valence-electron chi connectivity index (χ1n) is 6.11. The fourth-order valence-electron chi connectivity index (χ4n) is 1.92. The molecule has 0 bridgehead atoms. The zero-order valence-corrected chi connectivity index (χ0v) is 11.6. The molecule has 2 rings (SSSR count). The van der Waals surface area contributed by atoms with Crippen molar-refractivity contribution in [1.82, 2.24) is 14.9 Å². The number of amides is 1. The predicted molar refractivity (Wildman–Crippen MR) is 72.1 cm³/mol. The molecule has 0 unspecified atom stereocenters. The van der Waals surface area contributed by atoms with Gasteiger partial charge in [-0.3, -0.25) is 4.79 Å². The number of rotatable bonds is 4. The van der Waals surface area contributed by atoms with Crippen LogP contribution in [0, 0.1) is 12.7 Å². The molecule has 2 aromatic rings. The normalized spacial score (nSPS) is 10.4. The van der Waals surface area contributed by atoms with Crippen LogP contribution in [0.2, 0.25) is 0 Å². The molecule has 0 spiro atoms. The summed E-state index contributed by atoms with van der Waals surface area (Å²) >= 11 is 0. The highest BCUT2D eigenvalue weighted by molar-refractivity contribution is 5.97. The smallest absolute Gasteiger partial charge is 0.260 e. The molecule has 0 aliphatic rings. The Labute approximate surface area is 116 Å². The second-order valence-corrected chi connectivity index (χ2v) is 4.49. The Balaban J connectivity index is 2.22. The topological polar surface area (TPSA) is 58.2 Å². The summed E-state index contributed by atoms with van der Waals surface area (Å²) in [6.45, 7) is 2.14. The Morgan fingerprint density at radius 3 is 2.85 bits per heavy atom. The molecule has 0 aliphatic heterocycles. The lowest BCUT2D eigenvalue weighted by Gasteiger charge is -2.17. The molecule has 0 radical (unpaired) electrons. The van der Waals surface area contributed by atoms with Crippen LogP contribution in [0.15, 0.2) is 24.4 Å². The van der Waals surface area contributed by atoms with Crippen molar-refractivity contribution < 1.29 is 13.9 Å². The van der Waals surface area contributed by atoms with E-state index in [1.807, 2.05) is 6.92 Å². The number of imidazole rings is 1. The van der Waals surface area contributed by atoms with Crippen molar-refractivity contribution in [2.45, 2.75) is 13.5 Å². The molecule has 1 aromatic carbocycles. The number of halogens is 1. The summed E-state index contributed by atoms with van der Waals surface area (Å²) in [5, 5.41) is 0. The number of benzene rings is 1. The van der Waals surface area contributed by atoms with E-state index in [1.165, 1.54) is 24.1 Å². The molecule has 106 valence electrons. The van der Waals surface area contributed by atoms with Gasteiger partial charge in [0.05, 0.1) is 13.7 Å². The average Bonchev–Trinajstić information content (AvgIpc) is 2.82. The van der Waals surface area contributed by atoms with E-state index in [2.05, 4.69) is 9.97 Å². The quantitative estimate of drug-likeness (QED) is 0.931. The Kier molecular flexibility index (Phi) is 4.02. The third kappa shape index (κ3) is 2.79. The minimum Gasteiger partial charge on any atom is -0.496 e. The number of carbonyl (C=O) groups excluding carboxylic acids is 1. The van der Waals surface area contributed by atoms with E-state index in [0.29, 0.717) is 5.82 Å². The van der Waals surface area contributed by atoms with Gasteiger partial charge in [0.2, 0.25) is 0 Å². The lowest BCUT2D eigenvalue weighted by Crippen LogP contribution is -2.28. The summed E-state index contributed by atoms with van der Waals surface area (Å²) in [6, 6.07) is 4.29. The lowest BCUT2D eigenvalue weighted by molar-refractivity contribution is 0.0773. The van der Waals surface area contributed by atoms with E-state index in [-0.39, 0.29) is 17.9 Å². The van der Waals surface area contributed by atoms with E-state index < -0.39 is 11.7 Å². The number of methoxy groups -OCH3 is 1. The Bertz CT molecular complexity index is 625. The highest BCUT2D eigenvalue weighted by atomic mass is 19.1. The maximum absolute atomic E-state index is 13.8. The van der Waals surface area contributed by atoms with Gasteiger partial charge in [-0.2, -0.15) is 0 Å². The fraction of sp³-hybridized carbons (Fsp3) is 0.286. The van der Waals surface area contributed by atoms with Gasteiger partial charge in [-0.25, -0.2) is 9.37 Å². The molecule has 5 nitrogen and oxygen atoms in total. The van der Waals surface area contributed by atoms with Crippen LogP contribution < -0.4 is 4.74 Å². The number of aryl methyl sites for hydroxylation is 1. The van der Waals surface area contributed by atoms with Gasteiger partial charge in [-0.05, 0) is 19.1 Å². The molecule has 6 heteroatoms. The van der Waals surface area contributed by atoms with Crippen LogP contribution in [0.4, 0.5) is 4.39 Å². The van der Waals surface area contributed by atoms with Gasteiger partial charge in [-0.1, -0.05) is 6.07 Å². The lowest BCUT2D eigenvalue weighted by atomic mass is 10.1. The molecule has 1 heterocycles. The van der Waals surface area contributed by atoms with Crippen molar-refractivity contribution in [3.8, 4) is 5.75 Å². The Hall–Kier alpha value is -2.37. The van der Waals surface area contributed by atoms with E-state index >= 15 is 0 Å². The molecule has 1 amide bonds. The maximum Gasteiger partial charge on any atom is 0.260 e. The van der Waals surface area contributed by atoms with Crippen molar-refractivity contribution in [3.05, 3.63) is 47.3 Å². The van der Waals surface area contributed by atoms with Gasteiger partial charge in [0.25, 0.3) is 5.91 Å². The van der Waals surface area contributed by atoms with E-state index in [1.54, 1.807) is 19.3 Å². The zero-order chi connectivity index (χ0) is 14.7. The summed E-state index contributed by atoms with van der Waals surface area (Å²) in [5.74, 6) is -0.183. The van der Waals surface area contributed by atoms with Crippen LogP contribution in [-0.2, 0) is 6.54 Å². The first kappa shape index (κ1) is 14.0. The molecule has 0 saturated heterocycles. The predicted octanol–water partition coefficient (Wildman–Crippen LogP) is 2.14. The van der Waals surface area contributed by atoms with Gasteiger partial charge in [-0.15, -0.1) is 0 Å². The van der Waals surface area contributed by atoms with E-state index in [4.69, 9.17) is 4.74 Å². The maximum atomic E-state index is 13.8. The number of aromatic amines is 1. The summed E-state index contributed by atoms with van der Waals surface area (Å²) in [6.07, 6.45) is 1.68. The Morgan fingerprint density at radius 2 is 2.25 bits per heavy atom. The standard InChI is InChI=1S/C14H16FN3O2/c1-9-7-16-12(17-9)8-18(2)14(19)13-10(15)5-4-6-11(13)20-3/h4-7H,8H2,1-3H3,(H,16,17). The fourth-order valence-corrected chi connectivity index (χ4v) is 1.92. The first-order chi connectivity index (χ1) is 9.52. The van der Waals surface area contributed by atoms with Crippen molar-refractivity contribution in [2.75, 3.05) is 14.2 Å². The van der Waals surface area contributed by atoms with Gasteiger partial charge < -0.3 is 14.6 Å². The van der Waals surface area contributed by atoms with Crippen LogP contribution in [0.3, 0.4) is 0 Å². The molecule has 1 aromatic heterocycles. The second kappa shape index (κ2) is 5.73. The number of ether oxygens (including phenoxy) is 1. The average molecular weight is 277 g/mol. The number of carbonyl (C=O) groups is 1. The largest absolute Gasteiger partial charge is 0.496 e. The summed E-state index contributed by atoms with van der Waals surface area (Å²) in [4.78, 5) is 20.9. The zero-order valence-electron chi connectivity index (χ0n) is 11.6. The van der Waals surface area contributed by atoms with Gasteiger partial charge in [0.1, 0.15) is 23.0 Å². The van der Waals surface area contributed by atoms with E-state index in [0.717, 1.165) is 5.69 Å². The first-order valence-corrected chi connectivity index (χ1v) is 6.11. The summed E-state index contributed by atoms with van der Waals surface area (Å²) in [5.41, 5.74) is 0.838. The molecule has 20 heavy (non-hydrogen) atoms. The minimum absolute atomic E-state index is 0.0687. The molecule has 0 fully saturated rings. The third-order valence-corrected chi connectivity index (χ3v) is 2.90. The van der Waals surface area contributed by atoms with Crippen LogP contribution in [0.1, 0.15) is 21.9 Å². The molecular weight excluding hydrogens is 261 g/mol. The van der Waals surface area contributed by atoms with Crippen LogP contribution in [-0.4, -0.2) is 34.9 Å². The van der Waals surface area contributed by atoms with Gasteiger partial charge in [0, 0.05) is 18.9 Å². The Morgan fingerprint density at radius 1 is 1.50 bits per heavy atom. The number of H-pyrrole nitrogens is 1. The van der Waals surface area contributed by atoms with Crippen LogP contribution in [0.5, 0.6) is 5.75 Å². The number of hydrogen-bond acceptors (Lipinski definition) is 3. The molecule has 0 aliphatic carbocycles. The van der Waals surface area contributed by atoms with Crippen molar-refractivity contribution >= 4 is 5.91 Å². The second-order valence-electron chi connectivity index (χ2n) is 4.49. The van der Waals surface area contributed by atoms with Crippen molar-refractivity contribution in [2.24, 2.45) is 0 Å². The molecule has 0 atom stereocenters. The van der Waals surface area contributed by atoms with E-state index in [9.17, 15) is 9.18 Å². The van der Waals surface area contributed by atoms with Gasteiger partial charge >= 0.3 is 0 Å². The van der Waals surface area contributed by atoms with Crippen molar-refractivity contribution in [1.29, 1.82) is 0 Å². The highest BCUT2D eigenvalue weighted by Gasteiger charge is 2.21. The van der Waals surface area contributed by atoms with Gasteiger partial charge in [0.15, 0.2) is 0 Å². The van der Waals surface area contributed by atoms with Crippen molar-refractivity contribution in [3.63, 3.8) is 0 Å². The minimum atomic E-state index is -0.600. The SMILES string of the molecule is COc1cccc(F)c1C(=O)N(C)Cc1ncc(C)[nH]1. The number of nitrogens with zero attached hydrogens (tertiary/aromatic N) is 2. The number of aromatic nitrogens is 2. The van der Waals surface area contributed by atoms with Crippen LogP contribution in [0.25, 0.3) is 0 Å². The summed E-state index contributed by atoms with van der Waals surface area (Å²) < 4.78 is 18.9.